The van der Waals surface area contributed by atoms with Crippen LogP contribution in [0.3, 0.4) is 0 Å². The number of carboxylic acid groups (broad SMARTS) is 1. The van der Waals surface area contributed by atoms with E-state index in [9.17, 15) is 39.0 Å². The molecule has 19 nitrogen and oxygen atoms in total. The van der Waals surface area contributed by atoms with Crippen molar-refractivity contribution in [2.45, 2.75) is 38.3 Å². The van der Waals surface area contributed by atoms with Crippen molar-refractivity contribution < 1.29 is 34.2 Å². The number of benzene rings is 2. The van der Waals surface area contributed by atoms with Crippen molar-refractivity contribution in [2.75, 3.05) is 83.0 Å². The summed E-state index contributed by atoms with van der Waals surface area (Å²) in [5.74, 6) is -2.36. The number of carbonyl (C=O) groups is 5. The molecule has 1 unspecified atom stereocenters. The summed E-state index contributed by atoms with van der Waals surface area (Å²) in [5, 5.41) is 31.0. The zero-order chi connectivity index (χ0) is 41.3. The van der Waals surface area contributed by atoms with E-state index in [4.69, 9.17) is 11.5 Å². The molecule has 0 spiro atoms. The maximum absolute atomic E-state index is 12.6. The smallest absolute Gasteiger partial charge is 0.317 e. The molecule has 1 aromatic heterocycles. The van der Waals surface area contributed by atoms with E-state index in [1.165, 1.54) is 0 Å². The zero-order valence-corrected chi connectivity index (χ0v) is 31.9. The fourth-order valence-electron chi connectivity index (χ4n) is 6.40. The average molecular weight is 792 g/mol. The van der Waals surface area contributed by atoms with E-state index < -0.39 is 17.9 Å². The lowest BCUT2D eigenvalue weighted by atomic mass is 10.1. The van der Waals surface area contributed by atoms with Gasteiger partial charge in [0.1, 0.15) is 0 Å². The number of aliphatic carboxylic acids is 1. The van der Waals surface area contributed by atoms with E-state index in [0.717, 1.165) is 11.3 Å². The van der Waals surface area contributed by atoms with Crippen molar-refractivity contribution in [2.24, 2.45) is 5.73 Å². The maximum Gasteiger partial charge on any atom is 0.317 e. The van der Waals surface area contributed by atoms with Crippen molar-refractivity contribution >= 4 is 52.1 Å². The van der Waals surface area contributed by atoms with Gasteiger partial charge in [-0.2, -0.15) is 0 Å². The van der Waals surface area contributed by atoms with Crippen LogP contribution in [0.2, 0.25) is 0 Å². The fourth-order valence-corrected chi connectivity index (χ4v) is 6.40. The Labute approximate surface area is 329 Å². The Hall–Kier alpha value is -6.05. The number of nitrogens with zero attached hydrogens (tertiary/aromatic N) is 4. The zero-order valence-electron chi connectivity index (χ0n) is 31.9. The molecule has 1 saturated heterocycles. The van der Waals surface area contributed by atoms with E-state index in [-0.39, 0.29) is 87.0 Å². The molecule has 0 bridgehead atoms. The minimum atomic E-state index is -0.974. The van der Waals surface area contributed by atoms with Crippen LogP contribution in [0.1, 0.15) is 41.6 Å². The first kappa shape index (κ1) is 43.7. The number of aromatic nitrogens is 2. The molecule has 1 fully saturated rings. The molecule has 308 valence electrons. The molecule has 3 aromatic rings. The third-order valence-electron chi connectivity index (χ3n) is 9.39. The standard InChI is InChI=1S/C38H53N11O8/c1-25(50)23-47-15-16-48(24-34(53)54)18-20-49(19-17-47)31(35(39)55)10-11-33(52)42-14-13-41-32(51)3-2-12-43-36(56)27-5-7-28(8-6-27)44-22-26-4-9-30-29(21-26)37(57)46-38(40)45-30/h4-9,21,31,44,50H,1-3,10-20,22-24H2,(H2,39,55)(H,41,51)(H,42,52)(H,43,56)(H,53,54)(H3,40,45,46,57). The number of hydrogen-bond acceptors (Lipinski definition) is 13. The number of nitrogen functional groups attached to an aromatic ring is 1. The highest BCUT2D eigenvalue weighted by Crippen LogP contribution is 2.15. The second kappa shape index (κ2) is 21.9. The van der Waals surface area contributed by atoms with Crippen LogP contribution in [0, 0.1) is 0 Å². The normalized spacial score (nSPS) is 14.7. The molecule has 2 aromatic carbocycles. The number of H-pyrrole nitrogens is 1. The monoisotopic (exact) mass is 791 g/mol. The quantitative estimate of drug-likeness (QED) is 0.0519. The van der Waals surface area contributed by atoms with Gasteiger partial charge in [-0.05, 0) is 54.8 Å². The highest BCUT2D eigenvalue weighted by atomic mass is 16.4. The molecule has 4 amide bonds. The molecule has 0 saturated carbocycles. The first-order chi connectivity index (χ1) is 27.3. The van der Waals surface area contributed by atoms with Crippen molar-refractivity contribution in [1.82, 2.24) is 40.6 Å². The number of primary amides is 1. The van der Waals surface area contributed by atoms with Crippen LogP contribution in [0.25, 0.3) is 10.9 Å². The fraction of sp³-hybridized carbons (Fsp3) is 0.447. The molecule has 1 atom stereocenters. The van der Waals surface area contributed by atoms with Gasteiger partial charge in [0.2, 0.25) is 23.7 Å². The summed E-state index contributed by atoms with van der Waals surface area (Å²) >= 11 is 0. The van der Waals surface area contributed by atoms with Gasteiger partial charge in [0.15, 0.2) is 0 Å². The summed E-state index contributed by atoms with van der Waals surface area (Å²) in [4.78, 5) is 85.7. The number of aliphatic hydroxyl groups excluding tert-OH is 1. The van der Waals surface area contributed by atoms with Crippen LogP contribution >= 0.6 is 0 Å². The van der Waals surface area contributed by atoms with E-state index >= 15 is 0 Å². The molecule has 1 aliphatic rings. The molecule has 19 heteroatoms. The molecule has 2 heterocycles. The number of amides is 4. The third-order valence-corrected chi connectivity index (χ3v) is 9.39. The second-order valence-corrected chi connectivity index (χ2v) is 13.8. The van der Waals surface area contributed by atoms with E-state index in [1.54, 1.807) is 41.3 Å². The van der Waals surface area contributed by atoms with Crippen LogP contribution < -0.4 is 38.3 Å². The number of hydrogen-bond donors (Lipinski definition) is 9. The average Bonchev–Trinajstić information content (AvgIpc) is 3.25. The minimum Gasteiger partial charge on any atom is -0.512 e. The minimum absolute atomic E-state index is 0.0101. The number of aromatic amines is 1. The van der Waals surface area contributed by atoms with Crippen LogP contribution in [0.5, 0.6) is 0 Å². The SMILES string of the molecule is C=C(O)CN1CCN(CC(=O)O)CCN(C(CCC(=O)NCCNC(=O)CCCNC(=O)c2ccc(NCc3ccc4nc(N)[nH]c(=O)c4c3)cc2)C(N)=O)CC1. The number of nitrogens with one attached hydrogen (secondary N) is 5. The predicted octanol–water partition coefficient (Wildman–Crippen LogP) is -0.430. The van der Waals surface area contributed by atoms with E-state index in [1.807, 2.05) is 15.9 Å². The molecule has 11 N–H and O–H groups in total. The van der Waals surface area contributed by atoms with Gasteiger partial charge in [-0.1, -0.05) is 12.6 Å². The van der Waals surface area contributed by atoms with Gasteiger partial charge in [-0.25, -0.2) is 4.98 Å². The van der Waals surface area contributed by atoms with Gasteiger partial charge >= 0.3 is 5.97 Å². The summed E-state index contributed by atoms with van der Waals surface area (Å²) < 4.78 is 0. The Kier molecular flexibility index (Phi) is 16.8. The molecular formula is C38H53N11O8. The Morgan fingerprint density at radius 3 is 2.11 bits per heavy atom. The summed E-state index contributed by atoms with van der Waals surface area (Å²) in [5.41, 5.74) is 13.7. The van der Waals surface area contributed by atoms with E-state index in [0.29, 0.717) is 68.7 Å². The van der Waals surface area contributed by atoms with Crippen LogP contribution in [0.15, 0.2) is 59.6 Å². The maximum atomic E-state index is 12.6. The van der Waals surface area contributed by atoms with Crippen molar-refractivity contribution in [3.05, 3.63) is 76.3 Å². The lowest BCUT2D eigenvalue weighted by molar-refractivity contribution is -0.138. The predicted molar refractivity (Wildman–Crippen MR) is 214 cm³/mol. The Morgan fingerprint density at radius 2 is 1.47 bits per heavy atom. The summed E-state index contributed by atoms with van der Waals surface area (Å²) in [6, 6.07) is 11.5. The first-order valence-corrected chi connectivity index (χ1v) is 18.8. The molecule has 57 heavy (non-hydrogen) atoms. The van der Waals surface area contributed by atoms with Gasteiger partial charge in [0, 0.05) is 89.5 Å². The van der Waals surface area contributed by atoms with Crippen LogP contribution in [-0.4, -0.2) is 143 Å². The van der Waals surface area contributed by atoms with Crippen molar-refractivity contribution in [3.63, 3.8) is 0 Å². The number of anilines is 2. The van der Waals surface area contributed by atoms with Gasteiger partial charge < -0.3 is 42.9 Å². The molecule has 0 radical (unpaired) electrons. The topological polar surface area (TPSA) is 281 Å². The first-order valence-electron chi connectivity index (χ1n) is 18.8. The molecule has 4 rings (SSSR count). The van der Waals surface area contributed by atoms with Gasteiger partial charge in [-0.15, -0.1) is 0 Å². The lowest BCUT2D eigenvalue weighted by Crippen LogP contribution is -2.49. The molecule has 1 aliphatic heterocycles. The van der Waals surface area contributed by atoms with Crippen molar-refractivity contribution in [1.29, 1.82) is 0 Å². The number of rotatable bonds is 20. The Morgan fingerprint density at radius 1 is 0.842 bits per heavy atom. The van der Waals surface area contributed by atoms with Gasteiger partial charge in [-0.3, -0.25) is 48.5 Å². The lowest BCUT2D eigenvalue weighted by Gasteiger charge is -2.31. The number of carboxylic acids is 1. The highest BCUT2D eigenvalue weighted by molar-refractivity contribution is 5.94. The number of aliphatic hydroxyl groups is 1. The largest absolute Gasteiger partial charge is 0.512 e. The Balaban J connectivity index is 1.10. The van der Waals surface area contributed by atoms with Crippen molar-refractivity contribution in [3.8, 4) is 0 Å². The van der Waals surface area contributed by atoms with Gasteiger partial charge in [0.05, 0.1) is 35.8 Å². The second-order valence-electron chi connectivity index (χ2n) is 13.8. The summed E-state index contributed by atoms with van der Waals surface area (Å²) in [6.45, 7) is 7.28. The van der Waals surface area contributed by atoms with Crippen LogP contribution in [0.4, 0.5) is 11.6 Å². The van der Waals surface area contributed by atoms with Crippen LogP contribution in [-0.2, 0) is 25.7 Å². The molecule has 0 aliphatic carbocycles. The third kappa shape index (κ3) is 14.8. The van der Waals surface area contributed by atoms with Gasteiger partial charge in [0.25, 0.3) is 11.5 Å². The van der Waals surface area contributed by atoms with E-state index in [2.05, 4.69) is 37.8 Å². The number of fused-ring (bicyclic) bond motifs is 1. The Bertz CT molecular complexity index is 1910. The summed E-state index contributed by atoms with van der Waals surface area (Å²) in [7, 11) is 0. The number of carbonyl (C=O) groups excluding carboxylic acids is 4. The summed E-state index contributed by atoms with van der Waals surface area (Å²) in [6.07, 6.45) is 0.740. The molecular weight excluding hydrogens is 738 g/mol. The highest BCUT2D eigenvalue weighted by Gasteiger charge is 2.27. The number of nitrogens with two attached hydrogens (primary N) is 2.